The second-order valence-electron chi connectivity index (χ2n) is 3.95. The first kappa shape index (κ1) is 14.0. The van der Waals surface area contributed by atoms with Gasteiger partial charge in [0.05, 0.1) is 0 Å². The van der Waals surface area contributed by atoms with E-state index >= 15 is 0 Å². The van der Waals surface area contributed by atoms with Crippen molar-refractivity contribution in [3.05, 3.63) is 37.2 Å². The van der Waals surface area contributed by atoms with Crippen LogP contribution >= 0.6 is 0 Å². The van der Waals surface area contributed by atoms with Crippen molar-refractivity contribution >= 4 is 0 Å². The van der Waals surface area contributed by atoms with Crippen LogP contribution in [-0.2, 0) is 0 Å². The Hall–Kier alpha value is -1.02. The molecule has 15 heavy (non-hydrogen) atoms. The Morgan fingerprint density at radius 3 is 2.40 bits per heavy atom. The lowest BCUT2D eigenvalue weighted by Crippen LogP contribution is -2.24. The van der Waals surface area contributed by atoms with Crippen LogP contribution in [0.1, 0.15) is 20.3 Å². The van der Waals surface area contributed by atoms with Crippen molar-refractivity contribution in [3.63, 3.8) is 0 Å². The number of hydrogen-bond donors (Lipinski definition) is 2. The van der Waals surface area contributed by atoms with Crippen LogP contribution in [0.2, 0.25) is 0 Å². The van der Waals surface area contributed by atoms with Crippen LogP contribution in [0, 0.1) is 11.8 Å². The van der Waals surface area contributed by atoms with Crippen LogP contribution in [0.4, 0.5) is 0 Å². The number of rotatable bonds is 8. The first-order valence-corrected chi connectivity index (χ1v) is 5.52. The van der Waals surface area contributed by atoms with Crippen LogP contribution in [0.25, 0.3) is 0 Å². The van der Waals surface area contributed by atoms with Crippen molar-refractivity contribution < 1.29 is 0 Å². The lowest BCUT2D eigenvalue weighted by molar-refractivity contribution is 0.397. The standard InChI is InChI=1S/C13H24N2/c1-6-8-13(15-7-2)12(11(3)4)9-10-14-5/h6-8,11-12,14-15H,1-2,9-10H2,3-5H3/t12-/m0/s1. The number of allylic oxidation sites excluding steroid dienone is 3. The fraction of sp³-hybridized carbons (Fsp3) is 0.538. The third-order valence-electron chi connectivity index (χ3n) is 2.48. The van der Waals surface area contributed by atoms with Crippen LogP contribution < -0.4 is 10.6 Å². The van der Waals surface area contributed by atoms with E-state index in [-0.39, 0.29) is 0 Å². The molecule has 0 aromatic heterocycles. The molecule has 86 valence electrons. The zero-order chi connectivity index (χ0) is 11.7. The zero-order valence-corrected chi connectivity index (χ0v) is 10.2. The highest BCUT2D eigenvalue weighted by Gasteiger charge is 2.16. The van der Waals surface area contributed by atoms with Crippen LogP contribution in [0.15, 0.2) is 37.2 Å². The molecule has 0 saturated heterocycles. The molecule has 0 saturated carbocycles. The molecule has 2 heteroatoms. The maximum absolute atomic E-state index is 3.74. The van der Waals surface area contributed by atoms with Gasteiger partial charge in [-0.1, -0.05) is 33.1 Å². The topological polar surface area (TPSA) is 24.1 Å². The lowest BCUT2D eigenvalue weighted by atomic mass is 9.89. The molecule has 1 atom stereocenters. The van der Waals surface area contributed by atoms with Gasteiger partial charge < -0.3 is 10.6 Å². The van der Waals surface area contributed by atoms with Crippen molar-refractivity contribution in [2.45, 2.75) is 20.3 Å². The highest BCUT2D eigenvalue weighted by Crippen LogP contribution is 2.22. The molecular formula is C13H24N2. The minimum atomic E-state index is 0.522. The van der Waals surface area contributed by atoms with Crippen molar-refractivity contribution in [2.24, 2.45) is 11.8 Å². The Bertz CT molecular complexity index is 217. The molecule has 0 radical (unpaired) electrons. The Balaban J connectivity index is 4.58. The fourth-order valence-corrected chi connectivity index (χ4v) is 1.67. The largest absolute Gasteiger partial charge is 0.365 e. The summed E-state index contributed by atoms with van der Waals surface area (Å²) in [7, 11) is 1.98. The van der Waals surface area contributed by atoms with E-state index < -0.39 is 0 Å². The lowest BCUT2D eigenvalue weighted by Gasteiger charge is -2.24. The highest BCUT2D eigenvalue weighted by atomic mass is 14.9. The first-order valence-electron chi connectivity index (χ1n) is 5.52. The molecule has 0 bridgehead atoms. The van der Waals surface area contributed by atoms with Crippen molar-refractivity contribution in [1.29, 1.82) is 0 Å². The number of hydrogen-bond acceptors (Lipinski definition) is 2. The summed E-state index contributed by atoms with van der Waals surface area (Å²) in [6.07, 6.45) is 6.70. The van der Waals surface area contributed by atoms with E-state index in [1.54, 1.807) is 6.20 Å². The van der Waals surface area contributed by atoms with E-state index in [1.807, 2.05) is 19.2 Å². The number of nitrogens with one attached hydrogen (secondary N) is 2. The molecule has 0 amide bonds. The molecule has 0 rings (SSSR count). The van der Waals surface area contributed by atoms with Gasteiger partial charge in [0.15, 0.2) is 0 Å². The molecule has 0 aliphatic rings. The predicted octanol–water partition coefficient (Wildman–Crippen LogP) is 2.67. The van der Waals surface area contributed by atoms with Gasteiger partial charge in [0.2, 0.25) is 0 Å². The normalized spacial score (nSPS) is 13.7. The Morgan fingerprint density at radius 2 is 2.00 bits per heavy atom. The molecule has 0 aliphatic carbocycles. The molecule has 0 fully saturated rings. The van der Waals surface area contributed by atoms with Crippen molar-refractivity contribution in [2.75, 3.05) is 13.6 Å². The first-order chi connectivity index (χ1) is 7.17. The summed E-state index contributed by atoms with van der Waals surface area (Å²) >= 11 is 0. The summed E-state index contributed by atoms with van der Waals surface area (Å²) in [6.45, 7) is 12.9. The summed E-state index contributed by atoms with van der Waals surface area (Å²) in [4.78, 5) is 0. The van der Waals surface area contributed by atoms with Crippen molar-refractivity contribution in [3.8, 4) is 0 Å². The predicted molar refractivity (Wildman–Crippen MR) is 68.5 cm³/mol. The second kappa shape index (κ2) is 8.30. The third-order valence-corrected chi connectivity index (χ3v) is 2.48. The molecule has 2 nitrogen and oxygen atoms in total. The van der Waals surface area contributed by atoms with Gasteiger partial charge in [0, 0.05) is 11.6 Å². The van der Waals surface area contributed by atoms with Crippen LogP contribution in [0.3, 0.4) is 0 Å². The van der Waals surface area contributed by atoms with Gasteiger partial charge in [-0.15, -0.1) is 0 Å². The third kappa shape index (κ3) is 5.43. The van der Waals surface area contributed by atoms with E-state index in [4.69, 9.17) is 0 Å². The van der Waals surface area contributed by atoms with Gasteiger partial charge in [0.25, 0.3) is 0 Å². The summed E-state index contributed by atoms with van der Waals surface area (Å²) in [5, 5.41) is 6.39. The molecule has 0 spiro atoms. The SMILES string of the molecule is C=CC=C(NC=C)[C@@H](CCNC)C(C)C. The fourth-order valence-electron chi connectivity index (χ4n) is 1.67. The molecule has 0 aromatic rings. The minimum absolute atomic E-state index is 0.522. The molecule has 0 unspecified atom stereocenters. The van der Waals surface area contributed by atoms with E-state index in [9.17, 15) is 0 Å². The van der Waals surface area contributed by atoms with E-state index in [2.05, 4.69) is 37.6 Å². The van der Waals surface area contributed by atoms with Gasteiger partial charge in [0.1, 0.15) is 0 Å². The van der Waals surface area contributed by atoms with Gasteiger partial charge >= 0.3 is 0 Å². The Labute approximate surface area is 94.1 Å². The summed E-state index contributed by atoms with van der Waals surface area (Å²) < 4.78 is 0. The zero-order valence-electron chi connectivity index (χ0n) is 10.2. The minimum Gasteiger partial charge on any atom is -0.365 e. The molecule has 2 N–H and O–H groups in total. The molecule has 0 aromatic carbocycles. The highest BCUT2D eigenvalue weighted by molar-refractivity contribution is 5.14. The van der Waals surface area contributed by atoms with Gasteiger partial charge in [-0.2, -0.15) is 0 Å². The van der Waals surface area contributed by atoms with Crippen LogP contribution in [0.5, 0.6) is 0 Å². The van der Waals surface area contributed by atoms with E-state index in [0.29, 0.717) is 11.8 Å². The smallest absolute Gasteiger partial charge is 0.0180 e. The summed E-state index contributed by atoms with van der Waals surface area (Å²) in [5.74, 6) is 1.13. The van der Waals surface area contributed by atoms with E-state index in [0.717, 1.165) is 13.0 Å². The van der Waals surface area contributed by atoms with Gasteiger partial charge in [-0.25, -0.2) is 0 Å². The summed E-state index contributed by atoms with van der Waals surface area (Å²) in [5.41, 5.74) is 1.20. The average molecular weight is 208 g/mol. The average Bonchev–Trinajstić information content (AvgIpc) is 2.18. The monoisotopic (exact) mass is 208 g/mol. The molecule has 0 heterocycles. The van der Waals surface area contributed by atoms with E-state index in [1.165, 1.54) is 5.70 Å². The quantitative estimate of drug-likeness (QED) is 0.599. The maximum atomic E-state index is 3.74. The van der Waals surface area contributed by atoms with Crippen LogP contribution in [-0.4, -0.2) is 13.6 Å². The Morgan fingerprint density at radius 1 is 1.33 bits per heavy atom. The van der Waals surface area contributed by atoms with Crippen molar-refractivity contribution in [1.82, 2.24) is 10.6 Å². The molecular weight excluding hydrogens is 184 g/mol. The Kier molecular flexibility index (Phi) is 7.74. The second-order valence-corrected chi connectivity index (χ2v) is 3.95. The maximum Gasteiger partial charge on any atom is 0.0180 e. The van der Waals surface area contributed by atoms with Gasteiger partial charge in [-0.05, 0) is 38.2 Å². The summed E-state index contributed by atoms with van der Waals surface area (Å²) in [6, 6.07) is 0. The molecule has 0 aliphatic heterocycles. The van der Waals surface area contributed by atoms with Gasteiger partial charge in [-0.3, -0.25) is 0 Å².